The number of carbonyl (C=O) groups excluding carboxylic acids is 1. The van der Waals surface area contributed by atoms with Crippen molar-refractivity contribution in [1.29, 1.82) is 0 Å². The zero-order chi connectivity index (χ0) is 7.82. The highest BCUT2D eigenvalue weighted by atomic mass is 16.5. The van der Waals surface area contributed by atoms with Gasteiger partial charge in [0.1, 0.15) is 6.61 Å². The fourth-order valence-corrected chi connectivity index (χ4v) is 0.448. The van der Waals surface area contributed by atoms with E-state index in [1.807, 2.05) is 19.1 Å². The van der Waals surface area contributed by atoms with Crippen LogP contribution in [0.15, 0.2) is 12.2 Å². The lowest BCUT2D eigenvalue weighted by Crippen LogP contribution is -2.02. The molecule has 0 saturated heterocycles. The van der Waals surface area contributed by atoms with Gasteiger partial charge in [0, 0.05) is 0 Å². The van der Waals surface area contributed by atoms with Gasteiger partial charge in [0.15, 0.2) is 0 Å². The zero-order valence-corrected chi connectivity index (χ0v) is 6.46. The molecule has 0 saturated carbocycles. The first-order valence-corrected chi connectivity index (χ1v) is 3.42. The minimum Gasteiger partial charge on any atom is -0.461 e. The van der Waals surface area contributed by atoms with E-state index in [-0.39, 0.29) is 5.97 Å². The molecule has 0 bridgehead atoms. The summed E-state index contributed by atoms with van der Waals surface area (Å²) in [6.07, 6.45) is 6.18. The topological polar surface area (TPSA) is 26.3 Å². The third-order valence-electron chi connectivity index (χ3n) is 0.960. The fourth-order valence-electron chi connectivity index (χ4n) is 0.448. The predicted octanol–water partition coefficient (Wildman–Crippen LogP) is 1.72. The number of carbonyl (C=O) groups is 1. The van der Waals surface area contributed by atoms with E-state index in [9.17, 15) is 4.79 Å². The summed E-state index contributed by atoms with van der Waals surface area (Å²) in [6, 6.07) is 0. The van der Waals surface area contributed by atoms with Gasteiger partial charge in [-0.1, -0.05) is 26.0 Å². The lowest BCUT2D eigenvalue weighted by atomic mass is 10.4. The van der Waals surface area contributed by atoms with Crippen molar-refractivity contribution in [2.75, 3.05) is 6.61 Å². The van der Waals surface area contributed by atoms with Gasteiger partial charge >= 0.3 is 5.97 Å². The Morgan fingerprint density at radius 3 is 2.70 bits per heavy atom. The molecular weight excluding hydrogens is 128 g/mol. The Hall–Kier alpha value is -0.790. The molecule has 0 fully saturated rings. The van der Waals surface area contributed by atoms with E-state index < -0.39 is 0 Å². The molecule has 0 N–H and O–H groups in total. The Morgan fingerprint density at radius 2 is 2.20 bits per heavy atom. The monoisotopic (exact) mass is 141 g/mol. The number of hydrogen-bond donors (Lipinski definition) is 0. The van der Waals surface area contributed by atoms with Crippen LogP contribution in [0.25, 0.3) is 0 Å². The summed E-state index contributed by atoms with van der Waals surface area (Å²) >= 11 is 0. The molecule has 0 aliphatic carbocycles. The van der Waals surface area contributed by atoms with E-state index in [1.165, 1.54) is 6.42 Å². The second kappa shape index (κ2) is 6.33. The van der Waals surface area contributed by atoms with Crippen molar-refractivity contribution in [2.24, 2.45) is 0 Å². The van der Waals surface area contributed by atoms with Gasteiger partial charge in [-0.25, -0.2) is 0 Å². The summed E-state index contributed by atoms with van der Waals surface area (Å²) in [6.45, 7) is 4.08. The van der Waals surface area contributed by atoms with Crippen LogP contribution in [0, 0.1) is 6.42 Å². The highest BCUT2D eigenvalue weighted by Crippen LogP contribution is 1.85. The van der Waals surface area contributed by atoms with E-state index in [2.05, 4.69) is 0 Å². The Morgan fingerprint density at radius 1 is 1.50 bits per heavy atom. The molecule has 2 nitrogen and oxygen atoms in total. The average molecular weight is 141 g/mol. The molecule has 0 atom stereocenters. The lowest BCUT2D eigenvalue weighted by Gasteiger charge is -1.95. The van der Waals surface area contributed by atoms with Gasteiger partial charge in [0.05, 0.1) is 6.42 Å². The van der Waals surface area contributed by atoms with Crippen molar-refractivity contribution in [3.8, 4) is 0 Å². The van der Waals surface area contributed by atoms with E-state index in [4.69, 9.17) is 4.74 Å². The van der Waals surface area contributed by atoms with Gasteiger partial charge in [-0.15, -0.1) is 0 Å². The molecular formula is C8H13O2. The van der Waals surface area contributed by atoms with Crippen molar-refractivity contribution >= 4 is 5.97 Å². The third kappa shape index (κ3) is 5.35. The smallest absolute Gasteiger partial charge is 0.309 e. The number of esters is 1. The normalized spacial score (nSPS) is 10.2. The molecule has 2 heteroatoms. The highest BCUT2D eigenvalue weighted by Gasteiger charge is 1.93. The SMILES string of the molecule is C[CH]C(=O)OC/C=C/CC. The fraction of sp³-hybridized carbons (Fsp3) is 0.500. The van der Waals surface area contributed by atoms with E-state index in [0.29, 0.717) is 6.61 Å². The molecule has 10 heavy (non-hydrogen) atoms. The van der Waals surface area contributed by atoms with Crippen molar-refractivity contribution in [2.45, 2.75) is 20.3 Å². The average Bonchev–Trinajstić information content (AvgIpc) is 1.98. The van der Waals surface area contributed by atoms with Crippen LogP contribution in [0.4, 0.5) is 0 Å². The van der Waals surface area contributed by atoms with Crippen LogP contribution < -0.4 is 0 Å². The molecule has 0 aromatic rings. The Bertz CT molecular complexity index is 116. The molecule has 1 radical (unpaired) electrons. The third-order valence-corrected chi connectivity index (χ3v) is 0.960. The van der Waals surface area contributed by atoms with Crippen LogP contribution in [-0.4, -0.2) is 12.6 Å². The first-order valence-electron chi connectivity index (χ1n) is 3.42. The van der Waals surface area contributed by atoms with Gasteiger partial charge in [-0.05, 0) is 6.42 Å². The van der Waals surface area contributed by atoms with Crippen molar-refractivity contribution in [1.82, 2.24) is 0 Å². The molecule has 0 aromatic heterocycles. The van der Waals surface area contributed by atoms with Crippen molar-refractivity contribution < 1.29 is 9.53 Å². The molecule has 0 unspecified atom stereocenters. The predicted molar refractivity (Wildman–Crippen MR) is 40.4 cm³/mol. The van der Waals surface area contributed by atoms with E-state index in [0.717, 1.165) is 6.42 Å². The largest absolute Gasteiger partial charge is 0.461 e. The minimum absolute atomic E-state index is 0.263. The van der Waals surface area contributed by atoms with Crippen LogP contribution in [0.5, 0.6) is 0 Å². The Labute approximate surface area is 61.9 Å². The second-order valence-electron chi connectivity index (χ2n) is 1.80. The molecule has 0 aromatic carbocycles. The van der Waals surface area contributed by atoms with Crippen LogP contribution in [0.1, 0.15) is 20.3 Å². The molecule has 0 aliphatic rings. The summed E-state index contributed by atoms with van der Waals surface area (Å²) in [4.78, 5) is 10.5. The molecule has 0 heterocycles. The summed E-state index contributed by atoms with van der Waals surface area (Å²) in [5.41, 5.74) is 0. The van der Waals surface area contributed by atoms with Crippen molar-refractivity contribution in [3.05, 3.63) is 18.6 Å². The summed E-state index contributed by atoms with van der Waals surface area (Å²) in [5.74, 6) is -0.263. The number of allylic oxidation sites excluding steroid dienone is 1. The first kappa shape index (κ1) is 9.21. The minimum atomic E-state index is -0.263. The van der Waals surface area contributed by atoms with Crippen LogP contribution in [0.2, 0.25) is 0 Å². The van der Waals surface area contributed by atoms with Crippen LogP contribution in [-0.2, 0) is 9.53 Å². The second-order valence-corrected chi connectivity index (χ2v) is 1.80. The maximum atomic E-state index is 10.5. The van der Waals surface area contributed by atoms with E-state index >= 15 is 0 Å². The van der Waals surface area contributed by atoms with Gasteiger partial charge < -0.3 is 4.74 Å². The van der Waals surface area contributed by atoms with Gasteiger partial charge in [-0.2, -0.15) is 0 Å². The quantitative estimate of drug-likeness (QED) is 0.440. The molecule has 57 valence electrons. The van der Waals surface area contributed by atoms with E-state index in [1.54, 1.807) is 6.92 Å². The molecule has 0 aliphatic heterocycles. The molecule has 0 amide bonds. The first-order chi connectivity index (χ1) is 4.81. The zero-order valence-electron chi connectivity index (χ0n) is 6.46. The van der Waals surface area contributed by atoms with Gasteiger partial charge in [0.2, 0.25) is 0 Å². The Balaban J connectivity index is 3.19. The maximum absolute atomic E-state index is 10.5. The number of hydrogen-bond acceptors (Lipinski definition) is 2. The summed E-state index contributed by atoms with van der Waals surface area (Å²) < 4.78 is 4.71. The van der Waals surface area contributed by atoms with Crippen LogP contribution >= 0.6 is 0 Å². The number of ether oxygens (including phenoxy) is 1. The van der Waals surface area contributed by atoms with Crippen molar-refractivity contribution in [3.63, 3.8) is 0 Å². The summed E-state index contributed by atoms with van der Waals surface area (Å²) in [5, 5.41) is 0. The van der Waals surface area contributed by atoms with Gasteiger partial charge in [-0.3, -0.25) is 4.79 Å². The summed E-state index contributed by atoms with van der Waals surface area (Å²) in [7, 11) is 0. The Kier molecular flexibility index (Phi) is 5.83. The van der Waals surface area contributed by atoms with Crippen LogP contribution in [0.3, 0.4) is 0 Å². The molecule has 0 spiro atoms. The standard InChI is InChI=1S/C8H13O2/c1-3-5-6-7-10-8(9)4-2/h4-6H,3,7H2,1-2H3/b6-5+. The highest BCUT2D eigenvalue weighted by molar-refractivity contribution is 5.78. The maximum Gasteiger partial charge on any atom is 0.309 e. The molecule has 0 rings (SSSR count). The number of rotatable bonds is 4. The van der Waals surface area contributed by atoms with Gasteiger partial charge in [0.25, 0.3) is 0 Å². The lowest BCUT2D eigenvalue weighted by molar-refractivity contribution is -0.138.